The second-order valence-corrected chi connectivity index (χ2v) is 5.25. The van der Waals surface area contributed by atoms with Crippen molar-refractivity contribution in [2.75, 3.05) is 11.9 Å². The molecule has 0 heterocycles. The minimum atomic E-state index is -0.771. The van der Waals surface area contributed by atoms with E-state index < -0.39 is 6.10 Å². The summed E-state index contributed by atoms with van der Waals surface area (Å²) in [7, 11) is 2.01. The van der Waals surface area contributed by atoms with Crippen LogP contribution in [0.5, 0.6) is 0 Å². The van der Waals surface area contributed by atoms with Crippen LogP contribution in [0.2, 0.25) is 0 Å². The van der Waals surface area contributed by atoms with Gasteiger partial charge in [-0.25, -0.2) is 4.39 Å². The number of benzene rings is 1. The molecule has 2 nitrogen and oxygen atoms in total. The normalized spacial score (nSPS) is 18.7. The molecule has 1 atom stereocenters. The highest BCUT2D eigenvalue weighted by molar-refractivity contribution is 5.55. The first kappa shape index (κ1) is 13.3. The fraction of sp³-hybridized carbons (Fsp3) is 0.600. The average Bonchev–Trinajstić information content (AvgIpc) is 2.38. The molecule has 1 aliphatic carbocycles. The summed E-state index contributed by atoms with van der Waals surface area (Å²) in [6.07, 6.45) is 5.34. The van der Waals surface area contributed by atoms with Gasteiger partial charge in [-0.2, -0.15) is 0 Å². The molecule has 1 aromatic rings. The van der Waals surface area contributed by atoms with Crippen LogP contribution in [0.4, 0.5) is 10.1 Å². The van der Waals surface area contributed by atoms with Gasteiger partial charge in [0.25, 0.3) is 0 Å². The van der Waals surface area contributed by atoms with Gasteiger partial charge in [-0.05, 0) is 31.9 Å². The van der Waals surface area contributed by atoms with Crippen LogP contribution >= 0.6 is 0 Å². The van der Waals surface area contributed by atoms with Crippen molar-refractivity contribution in [2.24, 2.45) is 0 Å². The smallest absolute Gasteiger partial charge is 0.131 e. The Balaban J connectivity index is 2.28. The van der Waals surface area contributed by atoms with Crippen LogP contribution in [0.1, 0.15) is 50.7 Å². The van der Waals surface area contributed by atoms with Crippen molar-refractivity contribution in [1.29, 1.82) is 0 Å². The lowest BCUT2D eigenvalue weighted by molar-refractivity contribution is 0.194. The highest BCUT2D eigenvalue weighted by Crippen LogP contribution is 2.32. The molecule has 1 saturated carbocycles. The molecule has 0 bridgehead atoms. The lowest BCUT2D eigenvalue weighted by Crippen LogP contribution is -2.34. The third-order valence-corrected chi connectivity index (χ3v) is 3.95. The third kappa shape index (κ3) is 2.66. The zero-order valence-corrected chi connectivity index (χ0v) is 11.2. The highest BCUT2D eigenvalue weighted by atomic mass is 19.1. The maximum Gasteiger partial charge on any atom is 0.131 e. The summed E-state index contributed by atoms with van der Waals surface area (Å²) in [5.74, 6) is -0.315. The predicted molar refractivity (Wildman–Crippen MR) is 72.3 cm³/mol. The average molecular weight is 251 g/mol. The van der Waals surface area contributed by atoms with E-state index in [-0.39, 0.29) is 5.82 Å². The molecule has 100 valence electrons. The predicted octanol–water partition coefficient (Wildman–Crippen LogP) is 3.65. The van der Waals surface area contributed by atoms with Gasteiger partial charge in [0.1, 0.15) is 5.82 Å². The molecule has 18 heavy (non-hydrogen) atoms. The van der Waals surface area contributed by atoms with Crippen molar-refractivity contribution in [3.05, 3.63) is 29.6 Å². The number of nitrogens with zero attached hydrogens (tertiary/aromatic N) is 1. The Labute approximate surface area is 108 Å². The number of halogens is 1. The summed E-state index contributed by atoms with van der Waals surface area (Å²) in [5, 5.41) is 9.77. The molecular formula is C15H22FNO. The van der Waals surface area contributed by atoms with Crippen molar-refractivity contribution in [3.8, 4) is 0 Å². The first-order valence-corrected chi connectivity index (χ1v) is 6.80. The molecule has 0 aliphatic heterocycles. The molecule has 0 amide bonds. The third-order valence-electron chi connectivity index (χ3n) is 3.95. The van der Waals surface area contributed by atoms with Crippen LogP contribution in [0, 0.1) is 5.82 Å². The van der Waals surface area contributed by atoms with E-state index in [1.807, 2.05) is 13.1 Å². The summed E-state index contributed by atoms with van der Waals surface area (Å²) in [6.45, 7) is 1.62. The number of rotatable bonds is 3. The summed E-state index contributed by atoms with van der Waals surface area (Å²) >= 11 is 0. The maximum absolute atomic E-state index is 13.8. The largest absolute Gasteiger partial charge is 0.389 e. The Kier molecular flexibility index (Phi) is 4.23. The van der Waals surface area contributed by atoms with Crippen LogP contribution in [0.25, 0.3) is 0 Å². The van der Waals surface area contributed by atoms with Crippen LogP contribution < -0.4 is 4.90 Å². The van der Waals surface area contributed by atoms with E-state index in [1.54, 1.807) is 13.0 Å². The molecule has 1 aliphatic rings. The minimum absolute atomic E-state index is 0.315. The first-order valence-electron chi connectivity index (χ1n) is 6.80. The molecular weight excluding hydrogens is 229 g/mol. The van der Waals surface area contributed by atoms with Crippen molar-refractivity contribution in [2.45, 2.75) is 51.2 Å². The van der Waals surface area contributed by atoms with Crippen molar-refractivity contribution >= 4 is 5.69 Å². The van der Waals surface area contributed by atoms with Crippen LogP contribution in [-0.2, 0) is 0 Å². The van der Waals surface area contributed by atoms with Gasteiger partial charge in [-0.1, -0.05) is 25.3 Å². The number of anilines is 1. The molecule has 1 N–H and O–H groups in total. The van der Waals surface area contributed by atoms with E-state index in [9.17, 15) is 9.50 Å². The van der Waals surface area contributed by atoms with Gasteiger partial charge in [0, 0.05) is 24.3 Å². The molecule has 1 aromatic carbocycles. The van der Waals surface area contributed by atoms with Crippen molar-refractivity contribution in [1.82, 2.24) is 0 Å². The number of hydrogen-bond donors (Lipinski definition) is 1. The molecule has 0 unspecified atom stereocenters. The first-order chi connectivity index (χ1) is 8.61. The van der Waals surface area contributed by atoms with Gasteiger partial charge < -0.3 is 10.0 Å². The number of aliphatic hydroxyl groups excluding tert-OH is 1. The standard InChI is InChI=1S/C15H22FNO/c1-11(18)15-13(16)9-6-10-14(15)17(2)12-7-4-3-5-8-12/h6,9-12,18H,3-5,7-8H2,1-2H3/t11-/m1/s1. The summed E-state index contributed by atoms with van der Waals surface area (Å²) < 4.78 is 13.8. The Morgan fingerprint density at radius 3 is 2.56 bits per heavy atom. The van der Waals surface area contributed by atoms with Crippen LogP contribution in [-0.4, -0.2) is 18.2 Å². The van der Waals surface area contributed by atoms with Gasteiger partial charge in [-0.15, -0.1) is 0 Å². The quantitative estimate of drug-likeness (QED) is 0.886. The number of hydrogen-bond acceptors (Lipinski definition) is 2. The van der Waals surface area contributed by atoms with Crippen LogP contribution in [0.3, 0.4) is 0 Å². The molecule has 1 fully saturated rings. The monoisotopic (exact) mass is 251 g/mol. The fourth-order valence-electron chi connectivity index (χ4n) is 2.91. The summed E-state index contributed by atoms with van der Waals surface area (Å²) in [4.78, 5) is 2.14. The Morgan fingerprint density at radius 1 is 1.28 bits per heavy atom. The van der Waals surface area contributed by atoms with Gasteiger partial charge in [-0.3, -0.25) is 0 Å². The highest BCUT2D eigenvalue weighted by Gasteiger charge is 2.22. The lowest BCUT2D eigenvalue weighted by Gasteiger charge is -2.34. The fourth-order valence-corrected chi connectivity index (χ4v) is 2.91. The minimum Gasteiger partial charge on any atom is -0.389 e. The zero-order valence-electron chi connectivity index (χ0n) is 11.2. The van der Waals surface area contributed by atoms with Crippen molar-refractivity contribution in [3.63, 3.8) is 0 Å². The van der Waals surface area contributed by atoms with E-state index >= 15 is 0 Å². The number of aliphatic hydroxyl groups is 1. The molecule has 0 saturated heterocycles. The molecule has 0 radical (unpaired) electrons. The maximum atomic E-state index is 13.8. The molecule has 0 aromatic heterocycles. The Morgan fingerprint density at radius 2 is 1.94 bits per heavy atom. The van der Waals surface area contributed by atoms with E-state index in [1.165, 1.54) is 25.3 Å². The summed E-state index contributed by atoms with van der Waals surface area (Å²) in [5.41, 5.74) is 1.25. The van der Waals surface area contributed by atoms with Crippen LogP contribution in [0.15, 0.2) is 18.2 Å². The lowest BCUT2D eigenvalue weighted by atomic mass is 9.93. The molecule has 2 rings (SSSR count). The topological polar surface area (TPSA) is 23.5 Å². The van der Waals surface area contributed by atoms with E-state index in [2.05, 4.69) is 4.90 Å². The molecule has 3 heteroatoms. The summed E-state index contributed by atoms with van der Waals surface area (Å²) in [6, 6.07) is 5.51. The van der Waals surface area contributed by atoms with E-state index in [0.29, 0.717) is 11.6 Å². The zero-order chi connectivity index (χ0) is 13.1. The van der Waals surface area contributed by atoms with E-state index in [0.717, 1.165) is 18.5 Å². The van der Waals surface area contributed by atoms with Gasteiger partial charge >= 0.3 is 0 Å². The Hall–Kier alpha value is -1.09. The van der Waals surface area contributed by atoms with Crippen molar-refractivity contribution < 1.29 is 9.50 Å². The van der Waals surface area contributed by atoms with E-state index in [4.69, 9.17) is 0 Å². The molecule has 0 spiro atoms. The van der Waals surface area contributed by atoms with Gasteiger partial charge in [0.2, 0.25) is 0 Å². The van der Waals surface area contributed by atoms with Gasteiger partial charge in [0.05, 0.1) is 6.10 Å². The SMILES string of the molecule is C[C@@H](O)c1c(F)cccc1N(C)C1CCCCC1. The second-order valence-electron chi connectivity index (χ2n) is 5.25. The van der Waals surface area contributed by atoms with Gasteiger partial charge in [0.15, 0.2) is 0 Å². The Bertz CT molecular complexity index is 399. The second kappa shape index (κ2) is 5.70.